The molecule has 0 atom stereocenters. The number of hydrogen-bond acceptors (Lipinski definition) is 9. The van der Waals surface area contributed by atoms with E-state index in [4.69, 9.17) is 14.2 Å². The Hall–Kier alpha value is -3.92. The zero-order chi connectivity index (χ0) is 27.0. The highest BCUT2D eigenvalue weighted by Crippen LogP contribution is 2.28. The zero-order valence-electron chi connectivity index (χ0n) is 21.7. The molecule has 9 nitrogen and oxygen atoms in total. The van der Waals surface area contributed by atoms with Gasteiger partial charge in [0.2, 0.25) is 0 Å². The zero-order valence-corrected chi connectivity index (χ0v) is 22.5. The summed E-state index contributed by atoms with van der Waals surface area (Å²) in [4.78, 5) is 33.3. The number of nitrogens with one attached hydrogen (secondary N) is 1. The van der Waals surface area contributed by atoms with E-state index >= 15 is 0 Å². The third-order valence-corrected chi connectivity index (χ3v) is 5.61. The van der Waals surface area contributed by atoms with Gasteiger partial charge in [-0.25, -0.2) is 20.2 Å². The van der Waals surface area contributed by atoms with Crippen LogP contribution in [-0.4, -0.2) is 41.0 Å². The normalized spacial score (nSPS) is 11.3. The smallest absolute Gasteiger partial charge is 0.493 e. The molecule has 1 N–H and O–H groups in total. The molecule has 1 aromatic heterocycles. The Morgan fingerprint density at radius 3 is 2.30 bits per heavy atom. The van der Waals surface area contributed by atoms with Crippen molar-refractivity contribution in [2.45, 2.75) is 51.1 Å². The van der Waals surface area contributed by atoms with Gasteiger partial charge in [0.05, 0.1) is 13.3 Å². The molecule has 1 heterocycles. The van der Waals surface area contributed by atoms with Crippen LogP contribution in [0.1, 0.15) is 53.6 Å². The average molecular weight is 523 g/mol. The maximum Gasteiger partial charge on any atom is 0.514 e. The molecule has 0 spiro atoms. The van der Waals surface area contributed by atoms with Gasteiger partial charge in [0.1, 0.15) is 5.60 Å². The Morgan fingerprint density at radius 1 is 1.00 bits per heavy atom. The molecule has 194 valence electrons. The van der Waals surface area contributed by atoms with Gasteiger partial charge in [-0.3, -0.25) is 4.79 Å². The number of methoxy groups -OCH3 is 1. The summed E-state index contributed by atoms with van der Waals surface area (Å²) in [7, 11) is 1.46. The Kier molecular flexibility index (Phi) is 9.24. The highest BCUT2D eigenvalue weighted by molar-refractivity contribution is 7.98. The van der Waals surface area contributed by atoms with Crippen LogP contribution < -0.4 is 14.9 Å². The first-order valence-corrected chi connectivity index (χ1v) is 12.5. The number of amides is 1. The Balaban J connectivity index is 1.55. The van der Waals surface area contributed by atoms with Gasteiger partial charge in [0.15, 0.2) is 16.7 Å². The molecule has 10 heteroatoms. The summed E-state index contributed by atoms with van der Waals surface area (Å²) in [6.07, 6.45) is 0.634. The summed E-state index contributed by atoms with van der Waals surface area (Å²) >= 11 is 1.55. The van der Waals surface area contributed by atoms with E-state index in [9.17, 15) is 9.59 Å². The van der Waals surface area contributed by atoms with Crippen molar-refractivity contribution in [3.8, 4) is 11.5 Å². The van der Waals surface area contributed by atoms with Crippen molar-refractivity contribution in [1.29, 1.82) is 0 Å². The van der Waals surface area contributed by atoms with Gasteiger partial charge in [-0.1, -0.05) is 23.9 Å². The fourth-order valence-electron chi connectivity index (χ4n) is 3.10. The molecule has 37 heavy (non-hydrogen) atoms. The fourth-order valence-corrected chi connectivity index (χ4v) is 4.00. The second kappa shape index (κ2) is 12.4. The lowest BCUT2D eigenvalue weighted by Gasteiger charge is -2.19. The Labute approximate surface area is 220 Å². The second-order valence-corrected chi connectivity index (χ2v) is 10.0. The van der Waals surface area contributed by atoms with Crippen LogP contribution in [0.4, 0.5) is 4.79 Å². The maximum absolute atomic E-state index is 12.5. The molecular formula is C27H30N4O5S. The van der Waals surface area contributed by atoms with E-state index in [2.05, 4.69) is 20.5 Å². The van der Waals surface area contributed by atoms with Crippen molar-refractivity contribution in [2.24, 2.45) is 5.10 Å². The quantitative estimate of drug-likeness (QED) is 0.103. The maximum atomic E-state index is 12.5. The number of carbonyl (C=O) groups is 2. The lowest BCUT2D eigenvalue weighted by molar-refractivity contribution is 0.0201. The predicted molar refractivity (Wildman–Crippen MR) is 142 cm³/mol. The molecular weight excluding hydrogens is 492 g/mol. The topological polar surface area (TPSA) is 112 Å². The number of hydrogen-bond donors (Lipinski definition) is 1. The molecule has 0 aliphatic heterocycles. The molecule has 0 unspecified atom stereocenters. The number of benzene rings is 2. The van der Waals surface area contributed by atoms with Crippen LogP contribution in [0.3, 0.4) is 0 Å². The van der Waals surface area contributed by atoms with Gasteiger partial charge < -0.3 is 14.2 Å². The van der Waals surface area contributed by atoms with Crippen LogP contribution in [0.15, 0.2) is 58.8 Å². The van der Waals surface area contributed by atoms with Crippen molar-refractivity contribution >= 4 is 30.0 Å². The minimum atomic E-state index is -0.831. The van der Waals surface area contributed by atoms with E-state index in [-0.39, 0.29) is 11.7 Å². The molecule has 0 aliphatic carbocycles. The second-order valence-electron chi connectivity index (χ2n) is 9.09. The van der Waals surface area contributed by atoms with Gasteiger partial charge in [-0.2, -0.15) is 5.10 Å². The van der Waals surface area contributed by atoms with Crippen LogP contribution in [0.25, 0.3) is 0 Å². The fraction of sp³-hybridized carbons (Fsp3) is 0.296. The van der Waals surface area contributed by atoms with Gasteiger partial charge in [0, 0.05) is 22.7 Å². The first kappa shape index (κ1) is 27.7. The summed E-state index contributed by atoms with van der Waals surface area (Å²) < 4.78 is 15.7. The summed E-state index contributed by atoms with van der Waals surface area (Å²) in [6.45, 7) is 9.13. The predicted octanol–water partition coefficient (Wildman–Crippen LogP) is 5.47. The van der Waals surface area contributed by atoms with Crippen molar-refractivity contribution in [2.75, 3.05) is 7.11 Å². The molecule has 1 amide bonds. The van der Waals surface area contributed by atoms with Crippen molar-refractivity contribution < 1.29 is 23.8 Å². The third-order valence-electron chi connectivity index (χ3n) is 4.70. The van der Waals surface area contributed by atoms with Crippen molar-refractivity contribution in [1.82, 2.24) is 15.4 Å². The van der Waals surface area contributed by atoms with E-state index in [1.165, 1.54) is 13.3 Å². The van der Waals surface area contributed by atoms with Gasteiger partial charge in [0.25, 0.3) is 5.91 Å². The molecule has 0 fully saturated rings. The largest absolute Gasteiger partial charge is 0.514 e. The standard InChI is InChI=1S/C27H30N4O5S/c1-17-13-18(2)30-25(29-17)37-16-19-7-10-21(11-8-19)24(32)31-28-15-20-9-12-22(23(14-20)34-6)35-26(33)36-27(3,4)5/h7-15H,16H2,1-6H3,(H,31,32)/b28-15+. The average Bonchev–Trinajstić information content (AvgIpc) is 2.82. The molecule has 0 bridgehead atoms. The summed E-state index contributed by atoms with van der Waals surface area (Å²) in [6, 6.07) is 14.1. The number of aryl methyl sites for hydroxylation is 2. The summed E-state index contributed by atoms with van der Waals surface area (Å²) in [5, 5.41) is 4.75. The summed E-state index contributed by atoms with van der Waals surface area (Å²) in [5.74, 6) is 0.879. The van der Waals surface area contributed by atoms with E-state index in [0.717, 1.165) is 22.1 Å². The molecule has 2 aromatic carbocycles. The number of nitrogens with zero attached hydrogens (tertiary/aromatic N) is 3. The minimum absolute atomic E-state index is 0.209. The number of aromatic nitrogens is 2. The molecule has 0 aliphatic rings. The highest BCUT2D eigenvalue weighted by Gasteiger charge is 2.19. The molecule has 3 rings (SSSR count). The first-order chi connectivity index (χ1) is 17.5. The van der Waals surface area contributed by atoms with Crippen LogP contribution in [0.2, 0.25) is 0 Å². The van der Waals surface area contributed by atoms with Crippen LogP contribution in [0, 0.1) is 13.8 Å². The third kappa shape index (κ3) is 8.91. The van der Waals surface area contributed by atoms with Crippen molar-refractivity contribution in [3.63, 3.8) is 0 Å². The van der Waals surface area contributed by atoms with Crippen LogP contribution >= 0.6 is 11.8 Å². The summed E-state index contributed by atoms with van der Waals surface area (Å²) in [5.41, 5.74) is 5.86. The lowest BCUT2D eigenvalue weighted by Crippen LogP contribution is -2.26. The number of carbonyl (C=O) groups excluding carboxylic acids is 2. The Morgan fingerprint density at radius 2 is 1.68 bits per heavy atom. The van der Waals surface area contributed by atoms with Gasteiger partial charge in [-0.15, -0.1) is 0 Å². The van der Waals surface area contributed by atoms with E-state index in [1.54, 1.807) is 62.9 Å². The highest BCUT2D eigenvalue weighted by atomic mass is 32.2. The molecule has 0 saturated carbocycles. The van der Waals surface area contributed by atoms with E-state index < -0.39 is 11.8 Å². The van der Waals surface area contributed by atoms with Gasteiger partial charge >= 0.3 is 6.16 Å². The van der Waals surface area contributed by atoms with Crippen LogP contribution in [0.5, 0.6) is 11.5 Å². The van der Waals surface area contributed by atoms with E-state index in [0.29, 0.717) is 22.6 Å². The minimum Gasteiger partial charge on any atom is -0.493 e. The van der Waals surface area contributed by atoms with Crippen LogP contribution in [-0.2, 0) is 10.5 Å². The molecule has 0 radical (unpaired) electrons. The van der Waals surface area contributed by atoms with Crippen molar-refractivity contribution in [3.05, 3.63) is 76.6 Å². The molecule has 3 aromatic rings. The Bertz CT molecular complexity index is 1270. The van der Waals surface area contributed by atoms with Gasteiger partial charge in [-0.05, 0) is 82.1 Å². The first-order valence-electron chi connectivity index (χ1n) is 11.5. The monoisotopic (exact) mass is 522 g/mol. The number of rotatable bonds is 8. The number of hydrazone groups is 1. The van der Waals surface area contributed by atoms with E-state index in [1.807, 2.05) is 32.0 Å². The lowest BCUT2D eigenvalue weighted by atomic mass is 10.1. The SMILES string of the molecule is COc1cc(/C=N/NC(=O)c2ccc(CSc3nc(C)cc(C)n3)cc2)ccc1OC(=O)OC(C)(C)C. The number of thioether (sulfide) groups is 1. The number of ether oxygens (including phenoxy) is 3. The molecule has 0 saturated heterocycles.